The van der Waals surface area contributed by atoms with Crippen LogP contribution in [0.5, 0.6) is 0 Å². The molecule has 1 unspecified atom stereocenters. The van der Waals surface area contributed by atoms with Gasteiger partial charge in [0.15, 0.2) is 5.84 Å². The van der Waals surface area contributed by atoms with E-state index in [0.29, 0.717) is 30.3 Å². The minimum absolute atomic E-state index is 0.0397. The van der Waals surface area contributed by atoms with Crippen LogP contribution in [0, 0.1) is 0 Å². The molecule has 0 amide bonds. The molecule has 0 aliphatic carbocycles. The summed E-state index contributed by atoms with van der Waals surface area (Å²) in [5.74, 6) is 0.0397. The Morgan fingerprint density at radius 3 is 3.00 bits per heavy atom. The number of amidine groups is 1. The van der Waals surface area contributed by atoms with Gasteiger partial charge in [0.1, 0.15) is 5.60 Å². The number of halogens is 1. The molecular formula is C14H20ClN3O3. The van der Waals surface area contributed by atoms with Gasteiger partial charge >= 0.3 is 0 Å². The maximum Gasteiger partial charge on any atom is 0.170 e. The lowest BCUT2D eigenvalue weighted by Crippen LogP contribution is -2.42. The Kier molecular flexibility index (Phi) is 5.41. The van der Waals surface area contributed by atoms with Crippen LogP contribution in [0.25, 0.3) is 0 Å². The first-order valence-corrected chi connectivity index (χ1v) is 7.08. The quantitative estimate of drug-likeness (QED) is 0.319. The Morgan fingerprint density at radius 1 is 1.62 bits per heavy atom. The van der Waals surface area contributed by atoms with Gasteiger partial charge < -0.3 is 25.7 Å². The van der Waals surface area contributed by atoms with E-state index in [9.17, 15) is 0 Å². The summed E-state index contributed by atoms with van der Waals surface area (Å²) in [6, 6.07) is 5.30. The van der Waals surface area contributed by atoms with Crippen molar-refractivity contribution in [1.82, 2.24) is 5.32 Å². The molecule has 6 nitrogen and oxygen atoms in total. The van der Waals surface area contributed by atoms with Gasteiger partial charge in [-0.15, -0.1) is 0 Å². The first-order valence-electron chi connectivity index (χ1n) is 6.70. The van der Waals surface area contributed by atoms with Gasteiger partial charge in [-0.05, 0) is 11.6 Å². The van der Waals surface area contributed by atoms with Crippen LogP contribution in [0.4, 0.5) is 0 Å². The van der Waals surface area contributed by atoms with Crippen molar-refractivity contribution in [1.29, 1.82) is 0 Å². The van der Waals surface area contributed by atoms with Gasteiger partial charge in [-0.3, -0.25) is 0 Å². The largest absolute Gasteiger partial charge is 0.409 e. The first-order chi connectivity index (χ1) is 10.1. The molecule has 1 fully saturated rings. The molecule has 1 aliphatic rings. The maximum atomic E-state index is 8.65. The van der Waals surface area contributed by atoms with E-state index >= 15 is 0 Å². The molecule has 7 heteroatoms. The topological polar surface area (TPSA) is 89.1 Å². The van der Waals surface area contributed by atoms with E-state index < -0.39 is 0 Å². The molecular weight excluding hydrogens is 294 g/mol. The average Bonchev–Trinajstić information content (AvgIpc) is 2.97. The molecule has 0 bridgehead atoms. The third-order valence-corrected chi connectivity index (χ3v) is 4.07. The van der Waals surface area contributed by atoms with E-state index in [0.717, 1.165) is 18.6 Å². The molecule has 21 heavy (non-hydrogen) atoms. The zero-order chi connectivity index (χ0) is 15.3. The highest BCUT2D eigenvalue weighted by Gasteiger charge is 2.34. The van der Waals surface area contributed by atoms with Gasteiger partial charge in [0.05, 0.1) is 6.61 Å². The summed E-state index contributed by atoms with van der Waals surface area (Å²) in [5, 5.41) is 15.5. The van der Waals surface area contributed by atoms with Crippen molar-refractivity contribution in [3.63, 3.8) is 0 Å². The number of ether oxygens (including phenoxy) is 2. The van der Waals surface area contributed by atoms with Crippen molar-refractivity contribution in [3.05, 3.63) is 34.3 Å². The zero-order valence-corrected chi connectivity index (χ0v) is 12.7. The summed E-state index contributed by atoms with van der Waals surface area (Å²) in [4.78, 5) is 0. The Hall–Kier alpha value is -1.34. The standard InChI is InChI=1S/C14H20ClN3O3/c1-20-14(4-5-21-9-14)8-17-7-11-3-2-10(6-12(11)15)13(16)18-19/h2-3,6,17,19H,4-5,7-9H2,1H3,(H2,16,18). The second-order valence-corrected chi connectivity index (χ2v) is 5.49. The fourth-order valence-electron chi connectivity index (χ4n) is 2.29. The summed E-state index contributed by atoms with van der Waals surface area (Å²) in [6.45, 7) is 2.64. The summed E-state index contributed by atoms with van der Waals surface area (Å²) in [7, 11) is 1.70. The number of oxime groups is 1. The minimum atomic E-state index is -0.250. The zero-order valence-electron chi connectivity index (χ0n) is 11.9. The molecule has 1 aromatic carbocycles. The van der Waals surface area contributed by atoms with Crippen molar-refractivity contribution in [2.45, 2.75) is 18.6 Å². The fraction of sp³-hybridized carbons (Fsp3) is 0.500. The normalized spacial score (nSPS) is 22.7. The number of hydrogen-bond acceptors (Lipinski definition) is 5. The third-order valence-electron chi connectivity index (χ3n) is 3.72. The molecule has 0 aromatic heterocycles. The van der Waals surface area contributed by atoms with Crippen molar-refractivity contribution in [2.24, 2.45) is 10.9 Å². The molecule has 116 valence electrons. The van der Waals surface area contributed by atoms with Gasteiger partial charge in [0, 0.05) is 43.8 Å². The summed E-state index contributed by atoms with van der Waals surface area (Å²) in [6.07, 6.45) is 0.882. The van der Waals surface area contributed by atoms with E-state index in [1.807, 2.05) is 6.07 Å². The summed E-state index contributed by atoms with van der Waals surface area (Å²) in [5.41, 5.74) is 6.81. The van der Waals surface area contributed by atoms with Gasteiger partial charge in [0.25, 0.3) is 0 Å². The number of nitrogens with one attached hydrogen (secondary N) is 1. The van der Waals surface area contributed by atoms with Crippen LogP contribution < -0.4 is 11.1 Å². The van der Waals surface area contributed by atoms with Crippen LogP contribution in [-0.4, -0.2) is 43.5 Å². The van der Waals surface area contributed by atoms with Crippen molar-refractivity contribution >= 4 is 17.4 Å². The van der Waals surface area contributed by atoms with Crippen molar-refractivity contribution in [2.75, 3.05) is 26.9 Å². The highest BCUT2D eigenvalue weighted by Crippen LogP contribution is 2.22. The summed E-state index contributed by atoms with van der Waals surface area (Å²) < 4.78 is 10.9. The maximum absolute atomic E-state index is 8.65. The Morgan fingerprint density at radius 2 is 2.43 bits per heavy atom. The van der Waals surface area contributed by atoms with Crippen LogP contribution in [0.2, 0.25) is 5.02 Å². The minimum Gasteiger partial charge on any atom is -0.409 e. The average molecular weight is 314 g/mol. The fourth-order valence-corrected chi connectivity index (χ4v) is 2.54. The smallest absolute Gasteiger partial charge is 0.170 e. The number of nitrogens with zero attached hydrogens (tertiary/aromatic N) is 1. The Labute approximate surface area is 128 Å². The molecule has 4 N–H and O–H groups in total. The number of hydrogen-bond donors (Lipinski definition) is 3. The van der Waals surface area contributed by atoms with E-state index in [1.54, 1.807) is 19.2 Å². The van der Waals surface area contributed by atoms with Gasteiger partial charge in [-0.1, -0.05) is 28.9 Å². The lowest BCUT2D eigenvalue weighted by atomic mass is 10.0. The highest BCUT2D eigenvalue weighted by atomic mass is 35.5. The highest BCUT2D eigenvalue weighted by molar-refractivity contribution is 6.31. The molecule has 1 saturated heterocycles. The van der Waals surface area contributed by atoms with Gasteiger partial charge in [-0.25, -0.2) is 0 Å². The lowest BCUT2D eigenvalue weighted by Gasteiger charge is -2.26. The second-order valence-electron chi connectivity index (χ2n) is 5.08. The first kappa shape index (κ1) is 16.0. The van der Waals surface area contributed by atoms with E-state index in [2.05, 4.69) is 10.5 Å². The van der Waals surface area contributed by atoms with Gasteiger partial charge in [-0.2, -0.15) is 0 Å². The number of methoxy groups -OCH3 is 1. The van der Waals surface area contributed by atoms with E-state index in [4.69, 9.17) is 32.0 Å². The summed E-state index contributed by atoms with van der Waals surface area (Å²) >= 11 is 6.21. The van der Waals surface area contributed by atoms with Gasteiger partial charge in [0.2, 0.25) is 0 Å². The van der Waals surface area contributed by atoms with Crippen LogP contribution in [0.1, 0.15) is 17.5 Å². The molecule has 0 saturated carbocycles. The number of nitrogens with two attached hydrogens (primary N) is 1. The van der Waals surface area contributed by atoms with Crippen LogP contribution >= 0.6 is 11.6 Å². The van der Waals surface area contributed by atoms with Crippen LogP contribution in [-0.2, 0) is 16.0 Å². The van der Waals surface area contributed by atoms with Crippen molar-refractivity contribution in [3.8, 4) is 0 Å². The molecule has 0 radical (unpaired) electrons. The SMILES string of the molecule is COC1(CNCc2ccc(/C(N)=N/O)cc2Cl)CCOC1. The van der Waals surface area contributed by atoms with Crippen LogP contribution in [0.3, 0.4) is 0 Å². The molecule has 1 atom stereocenters. The predicted octanol–water partition coefficient (Wildman–Crippen LogP) is 1.33. The predicted molar refractivity (Wildman–Crippen MR) is 80.8 cm³/mol. The number of rotatable bonds is 6. The molecule has 2 rings (SSSR count). The van der Waals surface area contributed by atoms with Crippen LogP contribution in [0.15, 0.2) is 23.4 Å². The third kappa shape index (κ3) is 3.85. The molecule has 1 aliphatic heterocycles. The second kappa shape index (κ2) is 7.09. The Bertz CT molecular complexity index is 516. The lowest BCUT2D eigenvalue weighted by molar-refractivity contribution is -0.0159. The van der Waals surface area contributed by atoms with Crippen molar-refractivity contribution < 1.29 is 14.7 Å². The molecule has 0 spiro atoms. The van der Waals surface area contributed by atoms with E-state index in [1.165, 1.54) is 0 Å². The molecule has 1 aromatic rings. The molecule has 1 heterocycles. The monoisotopic (exact) mass is 313 g/mol. The number of benzene rings is 1. The van der Waals surface area contributed by atoms with E-state index in [-0.39, 0.29) is 11.4 Å². The Balaban J connectivity index is 1.94.